The number of nitrogens with zero attached hydrogens (tertiary/aromatic N) is 2. The molecule has 1 aromatic carbocycles. The summed E-state index contributed by atoms with van der Waals surface area (Å²) >= 11 is 0. The Hall–Kier alpha value is -1.65. The highest BCUT2D eigenvalue weighted by atomic mass is 16.3. The summed E-state index contributed by atoms with van der Waals surface area (Å²) in [5.74, 6) is 0. The van der Waals surface area contributed by atoms with E-state index in [0.29, 0.717) is 6.42 Å². The molecule has 0 aliphatic rings. The zero-order valence-corrected chi connectivity index (χ0v) is 13.3. The fraction of sp³-hybridized carbons (Fsp3) is 0.471. The lowest BCUT2D eigenvalue weighted by Crippen LogP contribution is -2.27. The Kier molecular flexibility index (Phi) is 5.15. The van der Waals surface area contributed by atoms with Crippen LogP contribution in [0.2, 0.25) is 0 Å². The Morgan fingerprint density at radius 2 is 1.90 bits per heavy atom. The molecule has 2 rings (SSSR count). The van der Waals surface area contributed by atoms with E-state index >= 15 is 0 Å². The molecule has 4 heteroatoms. The van der Waals surface area contributed by atoms with Crippen molar-refractivity contribution in [2.24, 2.45) is 7.05 Å². The smallest absolute Gasteiger partial charge is 0.0804 e. The number of aliphatic hydroxyl groups is 1. The highest BCUT2D eigenvalue weighted by Gasteiger charge is 2.14. The van der Waals surface area contributed by atoms with E-state index in [1.807, 2.05) is 49.0 Å². The van der Waals surface area contributed by atoms with Gasteiger partial charge in [0.15, 0.2) is 0 Å². The zero-order valence-electron chi connectivity index (χ0n) is 13.3. The number of nitrogens with one attached hydrogen (secondary N) is 1. The number of aliphatic hydroxyl groups excluding tert-OH is 1. The Morgan fingerprint density at radius 3 is 2.48 bits per heavy atom. The van der Waals surface area contributed by atoms with Crippen LogP contribution < -0.4 is 5.32 Å². The van der Waals surface area contributed by atoms with Crippen LogP contribution in [0.25, 0.3) is 0 Å². The molecule has 2 unspecified atom stereocenters. The Morgan fingerprint density at radius 1 is 1.24 bits per heavy atom. The van der Waals surface area contributed by atoms with Gasteiger partial charge in [-0.1, -0.05) is 30.3 Å². The number of benzene rings is 1. The normalized spacial score (nSPS) is 14.1. The van der Waals surface area contributed by atoms with E-state index < -0.39 is 6.10 Å². The van der Waals surface area contributed by atoms with Gasteiger partial charge < -0.3 is 10.4 Å². The van der Waals surface area contributed by atoms with Crippen molar-refractivity contribution >= 4 is 0 Å². The van der Waals surface area contributed by atoms with E-state index in [1.54, 1.807) is 0 Å². The molecule has 114 valence electrons. The summed E-state index contributed by atoms with van der Waals surface area (Å²) < 4.78 is 1.91. The minimum atomic E-state index is -0.426. The van der Waals surface area contributed by atoms with Crippen molar-refractivity contribution in [1.29, 1.82) is 0 Å². The summed E-state index contributed by atoms with van der Waals surface area (Å²) in [5, 5.41) is 18.2. The largest absolute Gasteiger partial charge is 0.388 e. The molecule has 0 radical (unpaired) electrons. The van der Waals surface area contributed by atoms with Crippen LogP contribution in [0.5, 0.6) is 0 Å². The van der Waals surface area contributed by atoms with Crippen LogP contribution in [0.15, 0.2) is 30.3 Å². The predicted molar refractivity (Wildman–Crippen MR) is 85.0 cm³/mol. The molecule has 0 aliphatic carbocycles. The maximum absolute atomic E-state index is 10.2. The second-order valence-corrected chi connectivity index (χ2v) is 5.72. The fourth-order valence-corrected chi connectivity index (χ4v) is 2.58. The van der Waals surface area contributed by atoms with Crippen molar-refractivity contribution in [2.45, 2.75) is 45.9 Å². The van der Waals surface area contributed by atoms with Crippen molar-refractivity contribution in [2.75, 3.05) is 0 Å². The molecule has 4 nitrogen and oxygen atoms in total. The molecule has 0 saturated heterocycles. The first-order valence-electron chi connectivity index (χ1n) is 7.44. The van der Waals surface area contributed by atoms with Crippen LogP contribution in [-0.2, 0) is 13.6 Å². The molecule has 0 aliphatic heterocycles. The molecule has 0 spiro atoms. The number of aryl methyl sites for hydroxylation is 2. The van der Waals surface area contributed by atoms with Gasteiger partial charge in [-0.2, -0.15) is 5.10 Å². The van der Waals surface area contributed by atoms with Gasteiger partial charge in [-0.15, -0.1) is 0 Å². The highest BCUT2D eigenvalue weighted by Crippen LogP contribution is 2.18. The van der Waals surface area contributed by atoms with Crippen molar-refractivity contribution in [3.8, 4) is 0 Å². The first kappa shape index (κ1) is 15.7. The molecule has 0 amide bonds. The van der Waals surface area contributed by atoms with Gasteiger partial charge in [0, 0.05) is 30.9 Å². The molecule has 0 saturated carbocycles. The van der Waals surface area contributed by atoms with Crippen molar-refractivity contribution in [3.05, 3.63) is 52.8 Å². The zero-order chi connectivity index (χ0) is 15.4. The minimum Gasteiger partial charge on any atom is -0.388 e. The monoisotopic (exact) mass is 287 g/mol. The fourth-order valence-electron chi connectivity index (χ4n) is 2.58. The minimum absolute atomic E-state index is 0.235. The third-order valence-electron chi connectivity index (χ3n) is 4.05. The second kappa shape index (κ2) is 6.87. The quantitative estimate of drug-likeness (QED) is 0.858. The first-order valence-corrected chi connectivity index (χ1v) is 7.44. The maximum Gasteiger partial charge on any atom is 0.0804 e. The van der Waals surface area contributed by atoms with Crippen LogP contribution in [0.3, 0.4) is 0 Å². The average Bonchev–Trinajstić information content (AvgIpc) is 2.71. The third-order valence-corrected chi connectivity index (χ3v) is 4.05. The van der Waals surface area contributed by atoms with Crippen LogP contribution in [0.1, 0.15) is 42.0 Å². The van der Waals surface area contributed by atoms with Crippen LogP contribution in [0.4, 0.5) is 0 Å². The molecule has 1 heterocycles. The molecule has 1 aromatic heterocycles. The lowest BCUT2D eigenvalue weighted by atomic mass is 10.0. The molecule has 2 N–H and O–H groups in total. The van der Waals surface area contributed by atoms with Crippen LogP contribution >= 0.6 is 0 Å². The summed E-state index contributed by atoms with van der Waals surface area (Å²) in [4.78, 5) is 0. The lowest BCUT2D eigenvalue weighted by Gasteiger charge is -2.18. The second-order valence-electron chi connectivity index (χ2n) is 5.72. The number of rotatable bonds is 6. The van der Waals surface area contributed by atoms with Crippen molar-refractivity contribution in [1.82, 2.24) is 15.1 Å². The summed E-state index contributed by atoms with van der Waals surface area (Å²) in [7, 11) is 1.97. The van der Waals surface area contributed by atoms with Gasteiger partial charge in [-0.25, -0.2) is 0 Å². The molecule has 2 aromatic rings. The SMILES string of the molecule is Cc1nn(C)c(C)c1CNC(C)CC(O)c1ccccc1. The van der Waals surface area contributed by atoms with Gasteiger partial charge >= 0.3 is 0 Å². The molecular formula is C17H25N3O. The summed E-state index contributed by atoms with van der Waals surface area (Å²) in [6.07, 6.45) is 0.271. The number of aromatic nitrogens is 2. The molecule has 21 heavy (non-hydrogen) atoms. The molecule has 2 atom stereocenters. The summed E-state index contributed by atoms with van der Waals surface area (Å²) in [6.45, 7) is 7.01. The van der Waals surface area contributed by atoms with Crippen LogP contribution in [0, 0.1) is 13.8 Å². The molecule has 0 bridgehead atoms. The van der Waals surface area contributed by atoms with Gasteiger partial charge in [-0.3, -0.25) is 4.68 Å². The molecule has 0 fully saturated rings. The van der Waals surface area contributed by atoms with Gasteiger partial charge in [0.1, 0.15) is 0 Å². The van der Waals surface area contributed by atoms with Crippen molar-refractivity contribution in [3.63, 3.8) is 0 Å². The Balaban J connectivity index is 1.89. The van der Waals surface area contributed by atoms with Gasteiger partial charge in [0.25, 0.3) is 0 Å². The molecular weight excluding hydrogens is 262 g/mol. The lowest BCUT2D eigenvalue weighted by molar-refractivity contribution is 0.154. The Bertz CT molecular complexity index is 577. The van der Waals surface area contributed by atoms with E-state index in [4.69, 9.17) is 0 Å². The summed E-state index contributed by atoms with van der Waals surface area (Å²) in [5.41, 5.74) is 4.48. The van der Waals surface area contributed by atoms with E-state index in [2.05, 4.69) is 24.3 Å². The third kappa shape index (κ3) is 3.93. The van der Waals surface area contributed by atoms with E-state index in [-0.39, 0.29) is 6.04 Å². The van der Waals surface area contributed by atoms with E-state index in [1.165, 1.54) is 11.3 Å². The summed E-state index contributed by atoms with van der Waals surface area (Å²) in [6, 6.07) is 10.0. The van der Waals surface area contributed by atoms with Gasteiger partial charge in [0.05, 0.1) is 11.8 Å². The van der Waals surface area contributed by atoms with Crippen LogP contribution in [-0.4, -0.2) is 20.9 Å². The van der Waals surface area contributed by atoms with Crippen molar-refractivity contribution < 1.29 is 5.11 Å². The van der Waals surface area contributed by atoms with E-state index in [0.717, 1.165) is 17.8 Å². The maximum atomic E-state index is 10.2. The number of hydrogen-bond donors (Lipinski definition) is 2. The number of hydrogen-bond acceptors (Lipinski definition) is 3. The van der Waals surface area contributed by atoms with E-state index in [9.17, 15) is 5.11 Å². The van der Waals surface area contributed by atoms with Gasteiger partial charge in [-0.05, 0) is 32.8 Å². The Labute approximate surface area is 126 Å². The highest BCUT2D eigenvalue weighted by molar-refractivity contribution is 5.24. The standard InChI is InChI=1S/C17H25N3O/c1-12(10-17(21)15-8-6-5-7-9-15)18-11-16-13(2)19-20(4)14(16)3/h5-9,12,17-18,21H,10-11H2,1-4H3. The first-order chi connectivity index (χ1) is 9.99. The van der Waals surface area contributed by atoms with Gasteiger partial charge in [0.2, 0.25) is 0 Å². The topological polar surface area (TPSA) is 50.1 Å². The predicted octanol–water partition coefficient (Wildman–Crippen LogP) is 2.64. The average molecular weight is 287 g/mol.